The van der Waals surface area contributed by atoms with Crippen molar-refractivity contribution in [2.24, 2.45) is 0 Å². The van der Waals surface area contributed by atoms with Gasteiger partial charge in [-0.05, 0) is 53.9 Å². The average Bonchev–Trinajstić information content (AvgIpc) is 3.45. The molecule has 1 N–H and O–H groups in total. The van der Waals surface area contributed by atoms with Gasteiger partial charge in [-0.3, -0.25) is 9.69 Å². The Kier molecular flexibility index (Phi) is 4.42. The van der Waals surface area contributed by atoms with Crippen LogP contribution in [0.15, 0.2) is 71.6 Å². The van der Waals surface area contributed by atoms with Crippen molar-refractivity contribution < 1.29 is 23.1 Å². The fourth-order valence-corrected chi connectivity index (χ4v) is 5.18. The highest BCUT2D eigenvalue weighted by Crippen LogP contribution is 2.67. The van der Waals surface area contributed by atoms with Gasteiger partial charge in [0.15, 0.2) is 10.7 Å². The van der Waals surface area contributed by atoms with Gasteiger partial charge in [-0.1, -0.05) is 41.9 Å². The number of rotatable bonds is 4. The highest BCUT2D eigenvalue weighted by atomic mass is 35.5. The van der Waals surface area contributed by atoms with E-state index in [1.807, 2.05) is 24.3 Å². The molecular weight excluding hydrogens is 438 g/mol. The van der Waals surface area contributed by atoms with Crippen LogP contribution in [-0.4, -0.2) is 25.4 Å². The van der Waals surface area contributed by atoms with Crippen molar-refractivity contribution in [1.29, 1.82) is 0 Å². The fourth-order valence-electron chi connectivity index (χ4n) is 4.57. The van der Waals surface area contributed by atoms with Crippen LogP contribution in [0.1, 0.15) is 33.8 Å². The lowest BCUT2D eigenvalue weighted by Gasteiger charge is -2.19. The molecule has 5 rings (SSSR count). The summed E-state index contributed by atoms with van der Waals surface area (Å²) in [6, 6.07) is 18.5. The molecule has 3 aromatic rings. The summed E-state index contributed by atoms with van der Waals surface area (Å²) in [5.41, 5.74) is 1.77. The summed E-state index contributed by atoms with van der Waals surface area (Å²) in [4.78, 5) is 26.6. The number of benzene rings is 3. The van der Waals surface area contributed by atoms with Crippen LogP contribution >= 0.6 is 11.6 Å². The molecule has 6 nitrogen and oxygen atoms in total. The molecule has 8 heteroatoms. The summed E-state index contributed by atoms with van der Waals surface area (Å²) in [7, 11) is -3.02. The molecule has 2 aliphatic rings. The third-order valence-corrected chi connectivity index (χ3v) is 6.99. The van der Waals surface area contributed by atoms with Crippen molar-refractivity contribution in [2.45, 2.75) is 22.6 Å². The number of para-hydroxylation sites is 1. The van der Waals surface area contributed by atoms with E-state index in [2.05, 4.69) is 0 Å². The van der Waals surface area contributed by atoms with E-state index in [1.54, 1.807) is 24.3 Å². The van der Waals surface area contributed by atoms with Gasteiger partial charge in [-0.15, -0.1) is 0 Å². The maximum Gasteiger partial charge on any atom is 0.335 e. The number of aromatic carboxylic acids is 1. The zero-order valence-electron chi connectivity index (χ0n) is 16.0. The van der Waals surface area contributed by atoms with Crippen LogP contribution in [0.5, 0.6) is 0 Å². The first-order valence-corrected chi connectivity index (χ1v) is 11.1. The Bertz CT molecular complexity index is 1330. The van der Waals surface area contributed by atoms with Crippen molar-refractivity contribution in [1.82, 2.24) is 0 Å². The minimum absolute atomic E-state index is 0.0401. The van der Waals surface area contributed by atoms with Crippen LogP contribution in [0.2, 0.25) is 5.02 Å². The van der Waals surface area contributed by atoms with Gasteiger partial charge in [0.25, 0.3) is 0 Å². The molecule has 1 heterocycles. The molecule has 3 aromatic carbocycles. The number of hydrogen-bond acceptors (Lipinski definition) is 4. The van der Waals surface area contributed by atoms with E-state index in [0.29, 0.717) is 17.1 Å². The van der Waals surface area contributed by atoms with E-state index in [1.165, 1.54) is 17.0 Å². The Morgan fingerprint density at radius 1 is 1.06 bits per heavy atom. The van der Waals surface area contributed by atoms with Gasteiger partial charge in [0.2, 0.25) is 5.91 Å². The summed E-state index contributed by atoms with van der Waals surface area (Å²) in [6.07, 6.45) is 0.613. The van der Waals surface area contributed by atoms with Crippen molar-refractivity contribution in [3.63, 3.8) is 0 Å². The molecule has 0 aromatic heterocycles. The van der Waals surface area contributed by atoms with E-state index in [0.717, 1.165) is 17.2 Å². The lowest BCUT2D eigenvalue weighted by Crippen LogP contribution is -2.29. The summed E-state index contributed by atoms with van der Waals surface area (Å²) in [6.45, 7) is 0. The topological polar surface area (TPSA) is 91.8 Å². The van der Waals surface area contributed by atoms with E-state index in [9.17, 15) is 23.1 Å². The molecule has 31 heavy (non-hydrogen) atoms. The fraction of sp³-hybridized carbons (Fsp3) is 0.130. The van der Waals surface area contributed by atoms with Crippen molar-refractivity contribution >= 4 is 45.6 Å². The number of hydrogen-bond donors (Lipinski definition) is 2. The third kappa shape index (κ3) is 2.96. The molecule has 0 unspecified atom stereocenters. The maximum absolute atomic E-state index is 13.8. The number of thiol groups is 1. The smallest absolute Gasteiger partial charge is 0.335 e. The highest BCUT2D eigenvalue weighted by Gasteiger charge is 2.67. The molecule has 0 saturated heterocycles. The van der Waals surface area contributed by atoms with Gasteiger partial charge in [-0.2, -0.15) is 0 Å². The van der Waals surface area contributed by atoms with Crippen LogP contribution in [0, 0.1) is 0 Å². The highest BCUT2D eigenvalue weighted by molar-refractivity contribution is 7.72. The molecule has 1 aliphatic heterocycles. The molecular formula is C23H16ClNO5S. The van der Waals surface area contributed by atoms with Gasteiger partial charge >= 0.3 is 5.97 Å². The number of nitrogens with zero attached hydrogens (tertiary/aromatic N) is 1. The van der Waals surface area contributed by atoms with Crippen molar-refractivity contribution in [3.05, 3.63) is 88.4 Å². The lowest BCUT2D eigenvalue weighted by atomic mass is 9.92. The van der Waals surface area contributed by atoms with Gasteiger partial charge in [-0.25, -0.2) is 13.2 Å². The molecule has 2 atom stereocenters. The Morgan fingerprint density at radius 3 is 2.45 bits per heavy atom. The minimum Gasteiger partial charge on any atom is -0.478 e. The van der Waals surface area contributed by atoms with Crippen LogP contribution < -0.4 is 4.90 Å². The zero-order chi connectivity index (χ0) is 21.9. The first kappa shape index (κ1) is 19.8. The van der Waals surface area contributed by atoms with Crippen LogP contribution in [0.4, 0.5) is 11.4 Å². The number of anilines is 2. The summed E-state index contributed by atoms with van der Waals surface area (Å²) < 4.78 is 23.2. The quantitative estimate of drug-likeness (QED) is 0.580. The number of halogens is 1. The van der Waals surface area contributed by atoms with E-state index >= 15 is 0 Å². The molecule has 1 spiro atoms. The molecule has 0 bridgehead atoms. The predicted octanol–water partition coefficient (Wildman–Crippen LogP) is 4.11. The number of carboxylic acid groups (broad SMARTS) is 1. The third-order valence-electron chi connectivity index (χ3n) is 6.06. The Hall–Kier alpha value is -3.16. The summed E-state index contributed by atoms with van der Waals surface area (Å²) in [5.74, 6) is -1.50. The Labute approximate surface area is 184 Å². The first-order chi connectivity index (χ1) is 14.8. The lowest BCUT2D eigenvalue weighted by molar-refractivity contribution is -0.119. The number of carbonyl (C=O) groups is 2. The van der Waals surface area contributed by atoms with E-state index < -0.39 is 22.1 Å². The normalized spacial score (nSPS) is 21.5. The maximum atomic E-state index is 13.8. The van der Waals surface area contributed by atoms with Gasteiger partial charge in [0.1, 0.15) is 0 Å². The molecule has 1 saturated carbocycles. The second-order valence-electron chi connectivity index (χ2n) is 7.74. The van der Waals surface area contributed by atoms with Crippen LogP contribution in [0.3, 0.4) is 0 Å². The second kappa shape index (κ2) is 6.93. The molecule has 0 radical (unpaired) electrons. The summed E-state index contributed by atoms with van der Waals surface area (Å²) in [5, 5.41) is 10.1. The van der Waals surface area contributed by atoms with E-state index in [4.69, 9.17) is 11.6 Å². The summed E-state index contributed by atoms with van der Waals surface area (Å²) >= 11 is 6.01. The molecule has 1 amide bonds. The number of fused-ring (bicyclic) bond motifs is 2. The minimum atomic E-state index is -3.02. The standard InChI is InChI=1S/C23H16ClNO5S/c24-15-7-5-13(6-8-15)19-12-23(19)18-3-1-2-4-20(18)25(22(23)28)16-9-14(21(26)27)10-17(11-16)31(29)30/h1-11,19,31H,12H2,(H,26,27)/t19-,23+/m0/s1. The van der Waals surface area contributed by atoms with Crippen molar-refractivity contribution in [3.8, 4) is 0 Å². The SMILES string of the molecule is O=C(O)c1cc(N2C(=O)[C@]3(C[C@H]3c3ccc(Cl)cc3)c3ccccc32)cc([SH](=O)=O)c1. The van der Waals surface area contributed by atoms with Crippen LogP contribution in [-0.2, 0) is 20.9 Å². The van der Waals surface area contributed by atoms with Gasteiger partial charge in [0.05, 0.1) is 27.2 Å². The Morgan fingerprint density at radius 2 is 1.77 bits per heavy atom. The average molecular weight is 454 g/mol. The van der Waals surface area contributed by atoms with Crippen molar-refractivity contribution in [2.75, 3.05) is 4.90 Å². The molecule has 1 fully saturated rings. The zero-order valence-corrected chi connectivity index (χ0v) is 17.6. The van der Waals surface area contributed by atoms with Gasteiger partial charge in [0, 0.05) is 10.9 Å². The van der Waals surface area contributed by atoms with Gasteiger partial charge < -0.3 is 5.11 Å². The monoisotopic (exact) mass is 453 g/mol. The van der Waals surface area contributed by atoms with E-state index in [-0.39, 0.29) is 28.0 Å². The predicted molar refractivity (Wildman–Crippen MR) is 116 cm³/mol. The largest absolute Gasteiger partial charge is 0.478 e. The molecule has 156 valence electrons. The first-order valence-electron chi connectivity index (χ1n) is 9.55. The number of carboxylic acids is 1. The number of amides is 1. The second-order valence-corrected chi connectivity index (χ2v) is 9.20. The Balaban J connectivity index is 1.65. The van der Waals surface area contributed by atoms with Crippen LogP contribution in [0.25, 0.3) is 0 Å². The number of carbonyl (C=O) groups excluding carboxylic acids is 1. The molecule has 1 aliphatic carbocycles.